The molecule has 0 N–H and O–H groups in total. The van der Waals surface area contributed by atoms with Gasteiger partial charge in [-0.2, -0.15) is 0 Å². The van der Waals surface area contributed by atoms with Gasteiger partial charge in [-0.1, -0.05) is 32.4 Å². The highest BCUT2D eigenvalue weighted by Gasteiger charge is 2.09. The van der Waals surface area contributed by atoms with Gasteiger partial charge in [-0.15, -0.1) is 0 Å². The molecule has 1 aromatic heterocycles. The quantitative estimate of drug-likeness (QED) is 0.655. The van der Waals surface area contributed by atoms with Gasteiger partial charge in [0.05, 0.1) is 0 Å². The van der Waals surface area contributed by atoms with E-state index in [0.717, 1.165) is 57.2 Å². The zero-order valence-electron chi connectivity index (χ0n) is 13.2. The first-order chi connectivity index (χ1) is 9.64. The normalized spacial score (nSPS) is 11.1. The third-order valence-electron chi connectivity index (χ3n) is 3.55. The van der Waals surface area contributed by atoms with Gasteiger partial charge in [-0.05, 0) is 33.0 Å². The summed E-state index contributed by atoms with van der Waals surface area (Å²) >= 11 is 6.07. The lowest BCUT2D eigenvalue weighted by molar-refractivity contribution is 0.300. The van der Waals surface area contributed by atoms with E-state index in [4.69, 9.17) is 11.6 Å². The van der Waals surface area contributed by atoms with E-state index in [-0.39, 0.29) is 0 Å². The maximum absolute atomic E-state index is 6.07. The molecule has 114 valence electrons. The molecule has 0 aliphatic heterocycles. The second-order valence-electron chi connectivity index (χ2n) is 4.78. The van der Waals surface area contributed by atoms with Gasteiger partial charge in [0.25, 0.3) is 0 Å². The van der Waals surface area contributed by atoms with Crippen LogP contribution in [0.2, 0.25) is 5.15 Å². The minimum atomic E-state index is 0.536. The van der Waals surface area contributed by atoms with Crippen LogP contribution in [0.1, 0.15) is 39.9 Å². The first-order valence-corrected chi connectivity index (χ1v) is 8.03. The lowest BCUT2D eigenvalue weighted by Crippen LogP contribution is -2.30. The van der Waals surface area contributed by atoms with Crippen molar-refractivity contribution in [2.24, 2.45) is 0 Å². The summed E-state index contributed by atoms with van der Waals surface area (Å²) in [5.41, 5.74) is 0. The number of aryl methyl sites for hydroxylation is 1. The molecule has 0 amide bonds. The van der Waals surface area contributed by atoms with E-state index in [1.807, 2.05) is 13.0 Å². The molecule has 0 unspecified atom stereocenters. The van der Waals surface area contributed by atoms with Gasteiger partial charge in [0.1, 0.15) is 16.8 Å². The Balaban J connectivity index is 2.64. The Hall–Kier alpha value is -0.870. The van der Waals surface area contributed by atoms with Crippen molar-refractivity contribution in [1.82, 2.24) is 14.9 Å². The summed E-state index contributed by atoms with van der Waals surface area (Å²) in [6, 6.07) is 1.86. The first kappa shape index (κ1) is 17.2. The molecular weight excluding hydrogens is 272 g/mol. The Morgan fingerprint density at radius 2 is 1.70 bits per heavy atom. The summed E-state index contributed by atoms with van der Waals surface area (Å²) < 4.78 is 0. The molecule has 4 nitrogen and oxygen atoms in total. The second-order valence-corrected chi connectivity index (χ2v) is 5.17. The molecule has 0 spiro atoms. The number of aromatic nitrogens is 2. The number of nitrogens with zero attached hydrogens (tertiary/aromatic N) is 4. The van der Waals surface area contributed by atoms with E-state index in [0.29, 0.717) is 5.15 Å². The molecule has 1 rings (SSSR count). The minimum absolute atomic E-state index is 0.536. The van der Waals surface area contributed by atoms with Crippen LogP contribution >= 0.6 is 11.6 Å². The number of anilines is 1. The SMILES string of the molecule is CCc1nc(Cl)cc(N(CC)CCCN(CC)CC)n1. The van der Waals surface area contributed by atoms with Crippen LogP contribution in [0.5, 0.6) is 0 Å². The Bertz CT molecular complexity index is 393. The Labute approximate surface area is 128 Å². The maximum Gasteiger partial charge on any atom is 0.134 e. The van der Waals surface area contributed by atoms with E-state index in [2.05, 4.69) is 40.5 Å². The van der Waals surface area contributed by atoms with E-state index in [9.17, 15) is 0 Å². The molecule has 0 radical (unpaired) electrons. The molecule has 0 aromatic carbocycles. The topological polar surface area (TPSA) is 32.3 Å². The Morgan fingerprint density at radius 1 is 1.00 bits per heavy atom. The summed E-state index contributed by atoms with van der Waals surface area (Å²) in [4.78, 5) is 13.5. The summed E-state index contributed by atoms with van der Waals surface area (Å²) in [5.74, 6) is 1.76. The fourth-order valence-electron chi connectivity index (χ4n) is 2.23. The van der Waals surface area contributed by atoms with Crippen molar-refractivity contribution in [2.75, 3.05) is 37.6 Å². The summed E-state index contributed by atoms with van der Waals surface area (Å²) in [5, 5.41) is 0.536. The van der Waals surface area contributed by atoms with Crippen molar-refractivity contribution in [3.63, 3.8) is 0 Å². The highest BCUT2D eigenvalue weighted by atomic mass is 35.5. The molecule has 5 heteroatoms. The fraction of sp³-hybridized carbons (Fsp3) is 0.733. The maximum atomic E-state index is 6.07. The average molecular weight is 299 g/mol. The molecule has 0 aliphatic rings. The third kappa shape index (κ3) is 5.25. The number of hydrogen-bond acceptors (Lipinski definition) is 4. The van der Waals surface area contributed by atoms with Crippen molar-refractivity contribution in [3.05, 3.63) is 17.0 Å². The number of rotatable bonds is 9. The van der Waals surface area contributed by atoms with E-state index in [1.165, 1.54) is 0 Å². The van der Waals surface area contributed by atoms with Gasteiger partial charge in [-0.3, -0.25) is 0 Å². The molecule has 0 saturated heterocycles. The highest BCUT2D eigenvalue weighted by molar-refractivity contribution is 6.29. The highest BCUT2D eigenvalue weighted by Crippen LogP contribution is 2.16. The predicted molar refractivity (Wildman–Crippen MR) is 86.7 cm³/mol. The standard InChI is InChI=1S/C15H27ClN4/c1-5-14-17-13(16)12-15(18-14)20(8-4)11-9-10-19(6-2)7-3/h12H,5-11H2,1-4H3. The smallest absolute Gasteiger partial charge is 0.134 e. The zero-order chi connectivity index (χ0) is 15.0. The molecule has 0 atom stereocenters. The van der Waals surface area contributed by atoms with Crippen LogP contribution in [0.25, 0.3) is 0 Å². The van der Waals surface area contributed by atoms with E-state index >= 15 is 0 Å². The summed E-state index contributed by atoms with van der Waals surface area (Å²) in [7, 11) is 0. The Morgan fingerprint density at radius 3 is 2.25 bits per heavy atom. The van der Waals surface area contributed by atoms with Crippen molar-refractivity contribution in [1.29, 1.82) is 0 Å². The van der Waals surface area contributed by atoms with Crippen LogP contribution in [0.3, 0.4) is 0 Å². The van der Waals surface area contributed by atoms with Crippen LogP contribution in [-0.2, 0) is 6.42 Å². The number of hydrogen-bond donors (Lipinski definition) is 0. The van der Waals surface area contributed by atoms with Crippen molar-refractivity contribution in [2.45, 2.75) is 40.5 Å². The summed E-state index contributed by atoms with van der Waals surface area (Å²) in [6.07, 6.45) is 1.95. The lowest BCUT2D eigenvalue weighted by atomic mass is 10.3. The minimum Gasteiger partial charge on any atom is -0.357 e. The molecule has 0 fully saturated rings. The van der Waals surface area contributed by atoms with Gasteiger partial charge in [-0.25, -0.2) is 9.97 Å². The van der Waals surface area contributed by atoms with E-state index < -0.39 is 0 Å². The average Bonchev–Trinajstić information content (AvgIpc) is 2.47. The van der Waals surface area contributed by atoms with Crippen LogP contribution in [0.15, 0.2) is 6.07 Å². The van der Waals surface area contributed by atoms with Gasteiger partial charge < -0.3 is 9.80 Å². The molecular formula is C15H27ClN4. The summed E-state index contributed by atoms with van der Waals surface area (Å²) in [6.45, 7) is 13.9. The van der Waals surface area contributed by atoms with Crippen molar-refractivity contribution < 1.29 is 0 Å². The Kier molecular flexibility index (Phi) is 7.85. The molecule has 0 aliphatic carbocycles. The van der Waals surface area contributed by atoms with Gasteiger partial charge in [0.15, 0.2) is 0 Å². The molecule has 20 heavy (non-hydrogen) atoms. The van der Waals surface area contributed by atoms with Gasteiger partial charge >= 0.3 is 0 Å². The molecule has 1 aromatic rings. The predicted octanol–water partition coefficient (Wildman–Crippen LogP) is 3.25. The van der Waals surface area contributed by atoms with Gasteiger partial charge in [0.2, 0.25) is 0 Å². The van der Waals surface area contributed by atoms with Crippen LogP contribution in [-0.4, -0.2) is 47.6 Å². The first-order valence-electron chi connectivity index (χ1n) is 7.65. The number of halogens is 1. The van der Waals surface area contributed by atoms with E-state index in [1.54, 1.807) is 0 Å². The largest absolute Gasteiger partial charge is 0.357 e. The molecule has 0 bridgehead atoms. The zero-order valence-corrected chi connectivity index (χ0v) is 13.9. The molecule has 1 heterocycles. The van der Waals surface area contributed by atoms with Crippen LogP contribution in [0, 0.1) is 0 Å². The fourth-order valence-corrected chi connectivity index (χ4v) is 2.43. The second kappa shape index (κ2) is 9.14. The lowest BCUT2D eigenvalue weighted by Gasteiger charge is -2.24. The van der Waals surface area contributed by atoms with Crippen LogP contribution < -0.4 is 4.90 Å². The monoisotopic (exact) mass is 298 g/mol. The van der Waals surface area contributed by atoms with Gasteiger partial charge in [0, 0.05) is 25.6 Å². The third-order valence-corrected chi connectivity index (χ3v) is 3.74. The van der Waals surface area contributed by atoms with Crippen molar-refractivity contribution >= 4 is 17.4 Å². The van der Waals surface area contributed by atoms with Crippen LogP contribution in [0.4, 0.5) is 5.82 Å². The molecule has 0 saturated carbocycles. The van der Waals surface area contributed by atoms with Crippen molar-refractivity contribution in [3.8, 4) is 0 Å².